The molecule has 0 bridgehead atoms. The molecule has 0 aliphatic heterocycles. The van der Waals surface area contributed by atoms with E-state index in [0.717, 1.165) is 35.4 Å². The van der Waals surface area contributed by atoms with Crippen LogP contribution >= 0.6 is 0 Å². The van der Waals surface area contributed by atoms with E-state index in [4.69, 9.17) is 9.72 Å². The molecule has 1 aliphatic carbocycles. The lowest BCUT2D eigenvalue weighted by Gasteiger charge is -2.14. The van der Waals surface area contributed by atoms with Crippen LogP contribution in [0.2, 0.25) is 0 Å². The number of fused-ring (bicyclic) bond motifs is 1. The average molecular weight is 553 g/mol. The predicted molar refractivity (Wildman–Crippen MR) is 152 cm³/mol. The summed E-state index contributed by atoms with van der Waals surface area (Å²) in [6.45, 7) is 3.14. The Balaban J connectivity index is 1.44. The lowest BCUT2D eigenvalue weighted by atomic mass is 9.98. The second-order valence-corrected chi connectivity index (χ2v) is 10.5. The standard InChI is InChI=1S/C30H29FN8O2/c1-17(15-41-3)33-13-21-11-26-28(35-21)30(40)39(16-34-26)27-9-19(8-25(37-27)18-4-5-18)23-7-6-20(31)10-24(23)29-36-22(12-32)14-38(29)2/h6-11,14,16-18,33,35H,4-5,13,15H2,1-3H3/t17-/m0/s1. The van der Waals surface area contributed by atoms with Gasteiger partial charge in [-0.15, -0.1) is 0 Å². The van der Waals surface area contributed by atoms with Crippen LogP contribution in [0, 0.1) is 17.1 Å². The molecule has 41 heavy (non-hydrogen) atoms. The molecule has 0 saturated heterocycles. The normalized spacial score (nSPS) is 13.9. The predicted octanol–water partition coefficient (Wildman–Crippen LogP) is 4.19. The van der Waals surface area contributed by atoms with Crippen LogP contribution in [-0.2, 0) is 18.3 Å². The molecule has 1 fully saturated rings. The van der Waals surface area contributed by atoms with Gasteiger partial charge in [-0.1, -0.05) is 6.07 Å². The van der Waals surface area contributed by atoms with Gasteiger partial charge >= 0.3 is 0 Å². The molecule has 10 nitrogen and oxygen atoms in total. The first-order valence-electron chi connectivity index (χ1n) is 13.4. The number of aromatic amines is 1. The Labute approximate surface area is 235 Å². The van der Waals surface area contributed by atoms with E-state index in [1.54, 1.807) is 31.0 Å². The smallest absolute Gasteiger partial charge is 0.283 e. The Hall–Kier alpha value is -4.66. The Bertz CT molecular complexity index is 1860. The maximum absolute atomic E-state index is 14.5. The fourth-order valence-electron chi connectivity index (χ4n) is 5.03. The molecule has 4 heterocycles. The van der Waals surface area contributed by atoms with Crippen LogP contribution in [0.25, 0.3) is 39.4 Å². The van der Waals surface area contributed by atoms with Gasteiger partial charge in [0, 0.05) is 55.8 Å². The van der Waals surface area contributed by atoms with E-state index in [1.807, 2.05) is 31.2 Å². The summed E-state index contributed by atoms with van der Waals surface area (Å²) >= 11 is 0. The number of H-pyrrole nitrogens is 1. The Morgan fingerprint density at radius 3 is 2.78 bits per heavy atom. The van der Waals surface area contributed by atoms with Crippen molar-refractivity contribution in [2.75, 3.05) is 13.7 Å². The quantitative estimate of drug-likeness (QED) is 0.281. The molecule has 0 amide bonds. The Morgan fingerprint density at radius 1 is 1.22 bits per heavy atom. The number of aromatic nitrogens is 6. The summed E-state index contributed by atoms with van der Waals surface area (Å²) in [5, 5.41) is 12.7. The second-order valence-electron chi connectivity index (χ2n) is 10.5. The largest absolute Gasteiger partial charge is 0.383 e. The number of pyridine rings is 1. The van der Waals surface area contributed by atoms with Gasteiger partial charge in [-0.05, 0) is 61.2 Å². The zero-order chi connectivity index (χ0) is 28.7. The van der Waals surface area contributed by atoms with Crippen LogP contribution in [-0.4, -0.2) is 48.8 Å². The van der Waals surface area contributed by atoms with Gasteiger partial charge in [-0.3, -0.25) is 4.79 Å². The van der Waals surface area contributed by atoms with E-state index < -0.39 is 5.82 Å². The SMILES string of the molecule is COC[C@H](C)NCc1cc2ncn(-c3cc(-c4ccc(F)cc4-c4nc(C#N)cn4C)cc(C4CC4)n3)c(=O)c2[nH]1. The minimum absolute atomic E-state index is 0.150. The first kappa shape index (κ1) is 26.6. The molecule has 11 heteroatoms. The number of imidazole rings is 1. The molecule has 5 aromatic rings. The highest BCUT2D eigenvalue weighted by molar-refractivity contribution is 5.82. The van der Waals surface area contributed by atoms with Crippen LogP contribution < -0.4 is 10.9 Å². The number of ether oxygens (including phenoxy) is 1. The molecular formula is C30H29FN8O2. The molecule has 4 aromatic heterocycles. The zero-order valence-electron chi connectivity index (χ0n) is 23.0. The third kappa shape index (κ3) is 5.27. The third-order valence-corrected chi connectivity index (χ3v) is 7.25. The molecule has 1 aromatic carbocycles. The third-order valence-electron chi connectivity index (χ3n) is 7.25. The van der Waals surface area contributed by atoms with E-state index in [9.17, 15) is 14.4 Å². The summed E-state index contributed by atoms with van der Waals surface area (Å²) in [4.78, 5) is 30.7. The highest BCUT2D eigenvalue weighted by Crippen LogP contribution is 2.42. The second kappa shape index (κ2) is 10.7. The van der Waals surface area contributed by atoms with E-state index in [-0.39, 0.29) is 17.3 Å². The number of aryl methyl sites for hydroxylation is 1. The Kier molecular flexibility index (Phi) is 6.95. The fraction of sp³-hybridized carbons (Fsp3) is 0.300. The van der Waals surface area contributed by atoms with Gasteiger partial charge in [0.2, 0.25) is 0 Å². The summed E-state index contributed by atoms with van der Waals surface area (Å²) in [5.74, 6) is 0.775. The van der Waals surface area contributed by atoms with E-state index in [0.29, 0.717) is 47.3 Å². The average Bonchev–Trinajstić information content (AvgIpc) is 3.62. The number of hydrogen-bond acceptors (Lipinski definition) is 7. The van der Waals surface area contributed by atoms with E-state index in [1.165, 1.54) is 23.0 Å². The fourth-order valence-corrected chi connectivity index (χ4v) is 5.03. The summed E-state index contributed by atoms with van der Waals surface area (Å²) in [5.41, 5.74) is 4.67. The van der Waals surface area contributed by atoms with Gasteiger partial charge in [0.15, 0.2) is 5.69 Å². The molecule has 6 rings (SSSR count). The molecule has 1 atom stereocenters. The number of halogens is 1. The van der Waals surface area contributed by atoms with Gasteiger partial charge < -0.3 is 19.6 Å². The van der Waals surface area contributed by atoms with Crippen LogP contribution in [0.3, 0.4) is 0 Å². The number of rotatable bonds is 9. The van der Waals surface area contributed by atoms with E-state index in [2.05, 4.69) is 20.3 Å². The van der Waals surface area contributed by atoms with Crippen LogP contribution in [0.1, 0.15) is 42.8 Å². The summed E-state index contributed by atoms with van der Waals surface area (Å²) in [6, 6.07) is 12.4. The molecule has 1 aliphatic rings. The molecule has 208 valence electrons. The molecule has 2 N–H and O–H groups in total. The van der Waals surface area contributed by atoms with Crippen LogP contribution in [0.4, 0.5) is 4.39 Å². The summed E-state index contributed by atoms with van der Waals surface area (Å²) in [6.07, 6.45) is 5.13. The van der Waals surface area contributed by atoms with Crippen molar-refractivity contribution in [1.82, 2.24) is 34.4 Å². The maximum Gasteiger partial charge on any atom is 0.283 e. The van der Waals surface area contributed by atoms with E-state index >= 15 is 0 Å². The molecule has 0 radical (unpaired) electrons. The van der Waals surface area contributed by atoms with Crippen molar-refractivity contribution < 1.29 is 9.13 Å². The highest BCUT2D eigenvalue weighted by Gasteiger charge is 2.27. The van der Waals surface area contributed by atoms with Gasteiger partial charge in [0.25, 0.3) is 5.56 Å². The number of benzene rings is 1. The first-order valence-corrected chi connectivity index (χ1v) is 13.4. The monoisotopic (exact) mass is 552 g/mol. The van der Waals surface area contributed by atoms with Crippen molar-refractivity contribution >= 4 is 11.0 Å². The van der Waals surface area contributed by atoms with Crippen molar-refractivity contribution in [1.29, 1.82) is 5.26 Å². The van der Waals surface area contributed by atoms with Crippen molar-refractivity contribution in [3.8, 4) is 34.4 Å². The lowest BCUT2D eigenvalue weighted by Crippen LogP contribution is -2.29. The van der Waals surface area contributed by atoms with Gasteiger partial charge in [0.05, 0.1) is 12.1 Å². The van der Waals surface area contributed by atoms with Crippen molar-refractivity contribution in [3.63, 3.8) is 0 Å². The maximum atomic E-state index is 14.5. The number of methoxy groups -OCH3 is 1. The lowest BCUT2D eigenvalue weighted by molar-refractivity contribution is 0.171. The van der Waals surface area contributed by atoms with Gasteiger partial charge in [-0.25, -0.2) is 23.9 Å². The van der Waals surface area contributed by atoms with Crippen LogP contribution in [0.15, 0.2) is 53.7 Å². The molecule has 0 unspecified atom stereocenters. The number of hydrogen-bond donors (Lipinski definition) is 2. The van der Waals surface area contributed by atoms with Crippen molar-refractivity contribution in [2.45, 2.75) is 38.3 Å². The van der Waals surface area contributed by atoms with Gasteiger partial charge in [-0.2, -0.15) is 5.26 Å². The Morgan fingerprint density at radius 2 is 2.05 bits per heavy atom. The summed E-state index contributed by atoms with van der Waals surface area (Å²) in [7, 11) is 3.43. The zero-order valence-corrected chi connectivity index (χ0v) is 23.0. The summed E-state index contributed by atoms with van der Waals surface area (Å²) < 4.78 is 22.8. The molecule has 0 spiro atoms. The number of nitriles is 1. The molecular weight excluding hydrogens is 523 g/mol. The van der Waals surface area contributed by atoms with Gasteiger partial charge in [0.1, 0.15) is 35.4 Å². The van der Waals surface area contributed by atoms with Crippen molar-refractivity contribution in [2.24, 2.45) is 7.05 Å². The highest BCUT2D eigenvalue weighted by atomic mass is 19.1. The van der Waals surface area contributed by atoms with Crippen molar-refractivity contribution in [3.05, 3.63) is 82.2 Å². The number of nitrogens with one attached hydrogen (secondary N) is 2. The number of nitrogens with zero attached hydrogens (tertiary/aromatic N) is 6. The minimum Gasteiger partial charge on any atom is -0.383 e. The minimum atomic E-state index is -0.415. The topological polar surface area (TPSA) is 126 Å². The molecule has 1 saturated carbocycles. The van der Waals surface area contributed by atoms with Crippen LogP contribution in [0.5, 0.6) is 0 Å². The first-order chi connectivity index (χ1) is 19.8.